The van der Waals surface area contributed by atoms with E-state index in [1.807, 2.05) is 36.4 Å². The third-order valence-corrected chi connectivity index (χ3v) is 9.56. The van der Waals surface area contributed by atoms with Gasteiger partial charge in [-0.05, 0) is 24.8 Å². The molecule has 0 bridgehead atoms. The Labute approximate surface area is 214 Å². The van der Waals surface area contributed by atoms with E-state index in [-0.39, 0.29) is 23.2 Å². The van der Waals surface area contributed by atoms with Gasteiger partial charge in [-0.3, -0.25) is 9.98 Å². The highest BCUT2D eigenvalue weighted by molar-refractivity contribution is 8.14. The van der Waals surface area contributed by atoms with E-state index in [4.69, 9.17) is 4.99 Å². The lowest BCUT2D eigenvalue weighted by Gasteiger charge is -2.30. The number of thioether (sulfide) groups is 2. The molecule has 34 heavy (non-hydrogen) atoms. The lowest BCUT2D eigenvalue weighted by atomic mass is 9.86. The fraction of sp³-hybridized carbons (Fsp3) is 0.480. The number of carbonyl (C=O) groups is 1. The maximum Gasteiger partial charge on any atom is 0.332 e. The van der Waals surface area contributed by atoms with Crippen molar-refractivity contribution < 1.29 is 15.0 Å². The zero-order chi connectivity index (χ0) is 24.5. The molecule has 2 aliphatic heterocycles. The first-order valence-corrected chi connectivity index (χ1v) is 14.0. The molecule has 2 aliphatic rings. The summed E-state index contributed by atoms with van der Waals surface area (Å²) in [4.78, 5) is 21.0. The summed E-state index contributed by atoms with van der Waals surface area (Å²) in [5, 5.41) is 27.5. The van der Waals surface area contributed by atoms with Crippen molar-refractivity contribution in [3.63, 3.8) is 0 Å². The maximum atomic E-state index is 11.6. The molecule has 0 aliphatic carbocycles. The highest BCUT2D eigenvalue weighted by Gasteiger charge is 2.42. The predicted molar refractivity (Wildman–Crippen MR) is 148 cm³/mol. The lowest BCUT2D eigenvalue weighted by Crippen LogP contribution is -2.41. The number of phenolic OH excluding ortho intramolecular Hbond substituents is 1. The molecular formula is C25H31N3O3S3. The second-order valence-corrected chi connectivity index (χ2v) is 12.1. The minimum absolute atomic E-state index is 0.116. The number of phenols is 1. The Morgan fingerprint density at radius 1 is 1.29 bits per heavy atom. The number of aliphatic carboxylic acids is 1. The molecule has 6 nitrogen and oxygen atoms in total. The van der Waals surface area contributed by atoms with E-state index in [0.29, 0.717) is 11.5 Å². The Morgan fingerprint density at radius 2 is 2.06 bits per heavy atom. The lowest BCUT2D eigenvalue weighted by molar-refractivity contribution is -0.141. The summed E-state index contributed by atoms with van der Waals surface area (Å²) >= 11 is 7.78. The van der Waals surface area contributed by atoms with Gasteiger partial charge in [0.25, 0.3) is 0 Å². The van der Waals surface area contributed by atoms with Crippen LogP contribution in [-0.4, -0.2) is 67.7 Å². The van der Waals surface area contributed by atoms with Gasteiger partial charge in [0.15, 0.2) is 5.54 Å². The van der Waals surface area contributed by atoms with Gasteiger partial charge < -0.3 is 15.5 Å². The van der Waals surface area contributed by atoms with Gasteiger partial charge in [-0.25, -0.2) is 4.79 Å². The largest absolute Gasteiger partial charge is 0.507 e. The van der Waals surface area contributed by atoms with Crippen LogP contribution in [0.2, 0.25) is 0 Å². The normalized spacial score (nSPS) is 23.7. The molecule has 3 atom stereocenters. The third kappa shape index (κ3) is 5.27. The zero-order valence-corrected chi connectivity index (χ0v) is 22.1. The number of nitrogens with zero attached hydrogens (tertiary/aromatic N) is 2. The first-order valence-electron chi connectivity index (χ1n) is 11.4. The average molecular weight is 518 g/mol. The van der Waals surface area contributed by atoms with Crippen molar-refractivity contribution in [2.24, 2.45) is 15.4 Å². The van der Waals surface area contributed by atoms with E-state index < -0.39 is 11.5 Å². The number of hydrogen-bond donors (Lipinski definition) is 4. The predicted octanol–water partition coefficient (Wildman–Crippen LogP) is 4.70. The smallest absolute Gasteiger partial charge is 0.332 e. The van der Waals surface area contributed by atoms with Crippen molar-refractivity contribution in [3.05, 3.63) is 42.0 Å². The van der Waals surface area contributed by atoms with Crippen LogP contribution >= 0.6 is 36.2 Å². The van der Waals surface area contributed by atoms with Crippen molar-refractivity contribution in [1.82, 2.24) is 5.32 Å². The summed E-state index contributed by atoms with van der Waals surface area (Å²) in [7, 11) is 0. The molecule has 9 heteroatoms. The molecule has 2 heterocycles. The summed E-state index contributed by atoms with van der Waals surface area (Å²) in [5.41, 5.74) is -0.494. The van der Waals surface area contributed by atoms with E-state index in [1.54, 1.807) is 30.4 Å². The van der Waals surface area contributed by atoms with Crippen LogP contribution in [0.25, 0.3) is 10.8 Å². The first-order chi connectivity index (χ1) is 16.1. The van der Waals surface area contributed by atoms with Crippen LogP contribution in [0, 0.1) is 5.41 Å². The molecule has 2 aromatic rings. The van der Waals surface area contributed by atoms with E-state index in [0.717, 1.165) is 45.1 Å². The number of nitrogens with one attached hydrogen (secondary N) is 1. The highest BCUT2D eigenvalue weighted by Crippen LogP contribution is 2.39. The van der Waals surface area contributed by atoms with Crippen LogP contribution in [0.4, 0.5) is 0 Å². The van der Waals surface area contributed by atoms with Gasteiger partial charge in [-0.15, -0.1) is 23.5 Å². The zero-order valence-electron chi connectivity index (χ0n) is 19.6. The highest BCUT2D eigenvalue weighted by atomic mass is 32.2. The first kappa shape index (κ1) is 25.4. The topological polar surface area (TPSA) is 94.3 Å². The maximum absolute atomic E-state index is 11.6. The Balaban J connectivity index is 1.39. The average Bonchev–Trinajstić information content (AvgIpc) is 3.45. The van der Waals surface area contributed by atoms with Gasteiger partial charge in [0.2, 0.25) is 0 Å². The molecule has 0 aromatic heterocycles. The van der Waals surface area contributed by atoms with Gasteiger partial charge in [0, 0.05) is 46.2 Å². The van der Waals surface area contributed by atoms with Crippen molar-refractivity contribution in [3.8, 4) is 5.75 Å². The molecular weight excluding hydrogens is 486 g/mol. The van der Waals surface area contributed by atoms with Crippen LogP contribution in [0.5, 0.6) is 5.75 Å². The van der Waals surface area contributed by atoms with E-state index in [2.05, 4.69) is 36.8 Å². The minimum atomic E-state index is -1.04. The number of carboxylic acids is 1. The van der Waals surface area contributed by atoms with Crippen LogP contribution in [0.1, 0.15) is 32.8 Å². The summed E-state index contributed by atoms with van der Waals surface area (Å²) in [6, 6.07) is 12.1. The summed E-state index contributed by atoms with van der Waals surface area (Å²) in [6.45, 7) is 6.64. The van der Waals surface area contributed by atoms with Crippen LogP contribution in [0.15, 0.2) is 46.4 Å². The number of aromatic hydroxyl groups is 1. The fourth-order valence-electron chi connectivity index (χ4n) is 4.26. The number of carboxylic acid groups (broad SMARTS) is 1. The van der Waals surface area contributed by atoms with Gasteiger partial charge in [-0.2, -0.15) is 12.6 Å². The molecule has 0 saturated carbocycles. The van der Waals surface area contributed by atoms with E-state index >= 15 is 0 Å². The molecule has 0 radical (unpaired) electrons. The molecule has 0 fully saturated rings. The molecule has 0 spiro atoms. The Bertz CT molecular complexity index is 1150. The molecule has 0 saturated heterocycles. The second kappa shape index (κ2) is 10.1. The van der Waals surface area contributed by atoms with Gasteiger partial charge >= 0.3 is 5.97 Å². The number of thiol groups is 1. The molecule has 3 unspecified atom stereocenters. The second-order valence-electron chi connectivity index (χ2n) is 9.74. The van der Waals surface area contributed by atoms with E-state index in [1.165, 1.54) is 0 Å². The van der Waals surface area contributed by atoms with Gasteiger partial charge in [-0.1, -0.05) is 44.2 Å². The Morgan fingerprint density at radius 3 is 2.76 bits per heavy atom. The standard InChI is InChI=1S/C25H31N3O3S3/c1-24(2,22-28-25(3,14-34-22)23(30)31)10-16(12-32)26-11-17-13-33-21(27-17)19-9-8-15-6-4-5-7-18(15)20(19)29/h4-9,16-17,26,29,32H,10-14H2,1-3H3,(H,30,31). The van der Waals surface area contributed by atoms with E-state index in [9.17, 15) is 15.0 Å². The summed E-state index contributed by atoms with van der Waals surface area (Å²) in [6.07, 6.45) is 0.805. The molecule has 182 valence electrons. The molecule has 4 rings (SSSR count). The molecule has 3 N–H and O–H groups in total. The van der Waals surface area contributed by atoms with Gasteiger partial charge in [0.05, 0.1) is 11.1 Å². The Kier molecular flexibility index (Phi) is 7.57. The number of benzene rings is 2. The van der Waals surface area contributed by atoms with Crippen LogP contribution < -0.4 is 5.32 Å². The van der Waals surface area contributed by atoms with Crippen molar-refractivity contribution in [2.75, 3.05) is 23.8 Å². The number of hydrogen-bond acceptors (Lipinski definition) is 8. The number of rotatable bonds is 9. The van der Waals surface area contributed by atoms with Crippen molar-refractivity contribution >= 4 is 63.0 Å². The number of aliphatic imine (C=N–C) groups is 2. The van der Waals surface area contributed by atoms with Gasteiger partial charge in [0.1, 0.15) is 10.8 Å². The number of fused-ring (bicyclic) bond motifs is 1. The SMILES string of the molecule is CC(C)(CC(CS)NCC1CSC(c2ccc3ccccc3c2O)=N1)C1=NC(C)(C(=O)O)CS1. The van der Waals surface area contributed by atoms with Crippen molar-refractivity contribution in [2.45, 2.75) is 44.8 Å². The quantitative estimate of drug-likeness (QED) is 0.360. The fourth-order valence-corrected chi connectivity index (χ4v) is 6.95. The van der Waals surface area contributed by atoms with Crippen LogP contribution in [-0.2, 0) is 4.79 Å². The monoisotopic (exact) mass is 517 g/mol. The molecule has 0 amide bonds. The summed E-state index contributed by atoms with van der Waals surface area (Å²) < 4.78 is 0. The third-order valence-electron chi connectivity index (χ3n) is 6.34. The van der Waals surface area contributed by atoms with Crippen molar-refractivity contribution in [1.29, 1.82) is 0 Å². The summed E-state index contributed by atoms with van der Waals surface area (Å²) in [5.74, 6) is 1.41. The Hall–Kier alpha value is -1.68. The minimum Gasteiger partial charge on any atom is -0.507 e. The molecule has 2 aromatic carbocycles. The van der Waals surface area contributed by atoms with Crippen LogP contribution in [0.3, 0.4) is 0 Å².